The van der Waals surface area contributed by atoms with Gasteiger partial charge in [0, 0.05) is 13.1 Å². The first-order valence-corrected chi connectivity index (χ1v) is 6.36. The molecule has 2 nitrogen and oxygen atoms in total. The summed E-state index contributed by atoms with van der Waals surface area (Å²) in [4.78, 5) is 13.6. The Kier molecular flexibility index (Phi) is 4.42. The number of nitrogens with zero attached hydrogens (tertiary/aromatic N) is 1. The zero-order chi connectivity index (χ0) is 10.7. The molecule has 1 aliphatic heterocycles. The standard InChI is InChI=1S/C11H20BrNO/c1-8(2)10-4-6-13(7-5-10)11(14)9(3)12/h8-10H,4-7H2,1-3H3. The van der Waals surface area contributed by atoms with Crippen molar-refractivity contribution in [2.45, 2.75) is 38.4 Å². The summed E-state index contributed by atoms with van der Waals surface area (Å²) < 4.78 is 0. The number of hydrogen-bond donors (Lipinski definition) is 0. The lowest BCUT2D eigenvalue weighted by molar-refractivity contribution is -0.131. The molecule has 1 aliphatic rings. The Hall–Kier alpha value is -0.0500. The Morgan fingerprint density at radius 2 is 1.79 bits per heavy atom. The monoisotopic (exact) mass is 261 g/mol. The van der Waals surface area contributed by atoms with Crippen LogP contribution in [0.15, 0.2) is 0 Å². The maximum Gasteiger partial charge on any atom is 0.236 e. The van der Waals surface area contributed by atoms with Crippen LogP contribution in [0.5, 0.6) is 0 Å². The molecule has 0 radical (unpaired) electrons. The Bertz CT molecular complexity index is 195. The van der Waals surface area contributed by atoms with E-state index in [0.29, 0.717) is 0 Å². The highest BCUT2D eigenvalue weighted by molar-refractivity contribution is 9.10. The maximum atomic E-state index is 11.7. The molecule has 1 unspecified atom stereocenters. The SMILES string of the molecule is CC(Br)C(=O)N1CCC(C(C)C)CC1. The number of halogens is 1. The summed E-state index contributed by atoms with van der Waals surface area (Å²) in [5.74, 6) is 1.81. The van der Waals surface area contributed by atoms with Gasteiger partial charge in [-0.25, -0.2) is 0 Å². The molecule has 1 saturated heterocycles. The van der Waals surface area contributed by atoms with Crippen LogP contribution in [0.25, 0.3) is 0 Å². The quantitative estimate of drug-likeness (QED) is 0.700. The van der Waals surface area contributed by atoms with Crippen molar-refractivity contribution in [2.24, 2.45) is 11.8 Å². The number of carbonyl (C=O) groups excluding carboxylic acids is 1. The molecule has 0 spiro atoms. The first-order chi connectivity index (χ1) is 6.52. The molecule has 1 amide bonds. The van der Waals surface area contributed by atoms with Gasteiger partial charge in [-0.05, 0) is 31.6 Å². The van der Waals surface area contributed by atoms with Crippen molar-refractivity contribution in [1.29, 1.82) is 0 Å². The van der Waals surface area contributed by atoms with Crippen LogP contribution in [-0.4, -0.2) is 28.7 Å². The third-order valence-electron chi connectivity index (χ3n) is 3.13. The first-order valence-electron chi connectivity index (χ1n) is 5.45. The minimum Gasteiger partial charge on any atom is -0.342 e. The molecule has 0 bridgehead atoms. The largest absolute Gasteiger partial charge is 0.342 e. The van der Waals surface area contributed by atoms with Gasteiger partial charge >= 0.3 is 0 Å². The molecule has 3 heteroatoms. The van der Waals surface area contributed by atoms with Crippen molar-refractivity contribution in [3.63, 3.8) is 0 Å². The van der Waals surface area contributed by atoms with Gasteiger partial charge in [-0.15, -0.1) is 0 Å². The number of rotatable bonds is 2. The smallest absolute Gasteiger partial charge is 0.236 e. The minimum absolute atomic E-state index is 0.0295. The average molecular weight is 262 g/mol. The summed E-state index contributed by atoms with van der Waals surface area (Å²) in [5, 5.41) is 0. The van der Waals surface area contributed by atoms with Crippen LogP contribution < -0.4 is 0 Å². The van der Waals surface area contributed by atoms with Crippen molar-refractivity contribution in [3.8, 4) is 0 Å². The summed E-state index contributed by atoms with van der Waals surface area (Å²) in [7, 11) is 0. The van der Waals surface area contributed by atoms with Gasteiger partial charge in [-0.3, -0.25) is 4.79 Å². The van der Waals surface area contributed by atoms with Crippen LogP contribution in [0.3, 0.4) is 0 Å². The van der Waals surface area contributed by atoms with Gasteiger partial charge in [0.15, 0.2) is 0 Å². The van der Waals surface area contributed by atoms with Crippen LogP contribution >= 0.6 is 15.9 Å². The lowest BCUT2D eigenvalue weighted by Gasteiger charge is -2.34. The molecule has 1 rings (SSSR count). The van der Waals surface area contributed by atoms with Gasteiger partial charge in [-0.1, -0.05) is 29.8 Å². The summed E-state index contributed by atoms with van der Waals surface area (Å²) >= 11 is 3.33. The Balaban J connectivity index is 2.39. The zero-order valence-corrected chi connectivity index (χ0v) is 10.9. The Morgan fingerprint density at radius 3 is 2.14 bits per heavy atom. The molecule has 1 fully saturated rings. The van der Waals surface area contributed by atoms with Crippen LogP contribution in [0.4, 0.5) is 0 Å². The van der Waals surface area contributed by atoms with Crippen LogP contribution in [0.1, 0.15) is 33.6 Å². The molecular formula is C11H20BrNO. The molecule has 0 N–H and O–H groups in total. The zero-order valence-electron chi connectivity index (χ0n) is 9.29. The average Bonchev–Trinajstić information content (AvgIpc) is 2.16. The first kappa shape index (κ1) is 12.0. The second-order valence-electron chi connectivity index (χ2n) is 4.52. The Labute approximate surface area is 95.2 Å². The number of amides is 1. The van der Waals surface area contributed by atoms with E-state index in [4.69, 9.17) is 0 Å². The van der Waals surface area contributed by atoms with E-state index in [2.05, 4.69) is 29.8 Å². The van der Waals surface area contributed by atoms with E-state index in [-0.39, 0.29) is 10.7 Å². The number of alkyl halides is 1. The van der Waals surface area contributed by atoms with Gasteiger partial charge in [0.1, 0.15) is 0 Å². The molecule has 0 aromatic heterocycles. The second-order valence-corrected chi connectivity index (χ2v) is 5.90. The second kappa shape index (κ2) is 5.15. The highest BCUT2D eigenvalue weighted by Crippen LogP contribution is 2.25. The van der Waals surface area contributed by atoms with Gasteiger partial charge in [0.25, 0.3) is 0 Å². The van der Waals surface area contributed by atoms with E-state index < -0.39 is 0 Å². The fraction of sp³-hybridized carbons (Fsp3) is 0.909. The summed E-state index contributed by atoms with van der Waals surface area (Å²) in [5.41, 5.74) is 0. The van der Waals surface area contributed by atoms with Crippen molar-refractivity contribution in [1.82, 2.24) is 4.90 Å². The van der Waals surface area contributed by atoms with Gasteiger partial charge < -0.3 is 4.90 Å². The van der Waals surface area contributed by atoms with Crippen molar-refractivity contribution in [3.05, 3.63) is 0 Å². The fourth-order valence-electron chi connectivity index (χ4n) is 2.04. The third-order valence-corrected chi connectivity index (χ3v) is 3.53. The normalized spacial score (nSPS) is 21.4. The maximum absolute atomic E-state index is 11.7. The summed E-state index contributed by atoms with van der Waals surface area (Å²) in [6.07, 6.45) is 2.34. The number of likely N-dealkylation sites (tertiary alicyclic amines) is 1. The molecule has 0 saturated carbocycles. The molecule has 1 atom stereocenters. The minimum atomic E-state index is -0.0295. The van der Waals surface area contributed by atoms with E-state index in [0.717, 1.165) is 24.9 Å². The molecule has 1 heterocycles. The predicted molar refractivity (Wildman–Crippen MR) is 62.5 cm³/mol. The predicted octanol–water partition coefficient (Wildman–Crippen LogP) is 2.66. The van der Waals surface area contributed by atoms with E-state index in [1.165, 1.54) is 12.8 Å². The third kappa shape index (κ3) is 2.97. The molecule has 82 valence electrons. The number of carbonyl (C=O) groups is 1. The van der Waals surface area contributed by atoms with E-state index in [1.54, 1.807) is 0 Å². The highest BCUT2D eigenvalue weighted by Gasteiger charge is 2.25. The van der Waals surface area contributed by atoms with E-state index in [1.807, 2.05) is 11.8 Å². The van der Waals surface area contributed by atoms with Gasteiger partial charge in [-0.2, -0.15) is 0 Å². The molecule has 0 aromatic rings. The fourth-order valence-corrected chi connectivity index (χ4v) is 2.33. The lowest BCUT2D eigenvalue weighted by atomic mass is 9.87. The number of hydrogen-bond acceptors (Lipinski definition) is 1. The van der Waals surface area contributed by atoms with E-state index in [9.17, 15) is 4.79 Å². The topological polar surface area (TPSA) is 20.3 Å². The Morgan fingerprint density at radius 1 is 1.29 bits per heavy atom. The highest BCUT2D eigenvalue weighted by atomic mass is 79.9. The number of piperidine rings is 1. The summed E-state index contributed by atoms with van der Waals surface area (Å²) in [6, 6.07) is 0. The summed E-state index contributed by atoms with van der Waals surface area (Å²) in [6.45, 7) is 8.33. The molecule has 14 heavy (non-hydrogen) atoms. The van der Waals surface area contributed by atoms with Crippen molar-refractivity contribution in [2.75, 3.05) is 13.1 Å². The lowest BCUT2D eigenvalue weighted by Crippen LogP contribution is -2.42. The van der Waals surface area contributed by atoms with Crippen molar-refractivity contribution < 1.29 is 4.79 Å². The van der Waals surface area contributed by atoms with Gasteiger partial charge in [0.2, 0.25) is 5.91 Å². The molecular weight excluding hydrogens is 242 g/mol. The van der Waals surface area contributed by atoms with Crippen LogP contribution in [-0.2, 0) is 4.79 Å². The van der Waals surface area contributed by atoms with Crippen LogP contribution in [0.2, 0.25) is 0 Å². The molecule has 0 aliphatic carbocycles. The van der Waals surface area contributed by atoms with E-state index >= 15 is 0 Å². The van der Waals surface area contributed by atoms with Crippen molar-refractivity contribution >= 4 is 21.8 Å². The molecule has 0 aromatic carbocycles. The van der Waals surface area contributed by atoms with Crippen LogP contribution in [0, 0.1) is 11.8 Å². The van der Waals surface area contributed by atoms with Gasteiger partial charge in [0.05, 0.1) is 4.83 Å².